The van der Waals surface area contributed by atoms with Crippen molar-refractivity contribution in [2.24, 2.45) is 5.73 Å². The maximum absolute atomic E-state index is 5.47. The molecule has 1 aromatic rings. The summed E-state index contributed by atoms with van der Waals surface area (Å²) in [6.45, 7) is 4.15. The van der Waals surface area contributed by atoms with Gasteiger partial charge in [-0.3, -0.25) is 0 Å². The van der Waals surface area contributed by atoms with Gasteiger partial charge in [0.2, 0.25) is 0 Å². The van der Waals surface area contributed by atoms with E-state index in [9.17, 15) is 0 Å². The van der Waals surface area contributed by atoms with Gasteiger partial charge in [-0.25, -0.2) is 0 Å². The van der Waals surface area contributed by atoms with Crippen molar-refractivity contribution < 1.29 is 4.74 Å². The van der Waals surface area contributed by atoms with Crippen LogP contribution in [0.2, 0.25) is 0 Å². The Morgan fingerprint density at radius 2 is 2.06 bits per heavy atom. The van der Waals surface area contributed by atoms with Crippen LogP contribution in [0.25, 0.3) is 0 Å². The zero-order valence-corrected chi connectivity index (χ0v) is 10.4. The van der Waals surface area contributed by atoms with Crippen LogP contribution in [-0.2, 0) is 11.2 Å². The largest absolute Gasteiger partial charge is 0.378 e. The topological polar surface area (TPSA) is 38.5 Å². The minimum Gasteiger partial charge on any atom is -0.378 e. The Hall–Kier alpha value is -1.06. The molecule has 94 valence electrons. The zero-order valence-electron chi connectivity index (χ0n) is 10.4. The molecule has 0 bridgehead atoms. The molecule has 17 heavy (non-hydrogen) atoms. The third-order valence-electron chi connectivity index (χ3n) is 3.22. The number of rotatable bonds is 5. The fourth-order valence-corrected chi connectivity index (χ4v) is 2.36. The first-order chi connectivity index (χ1) is 8.42. The van der Waals surface area contributed by atoms with Crippen molar-refractivity contribution in [2.75, 3.05) is 37.7 Å². The molecule has 1 aromatic carbocycles. The third-order valence-corrected chi connectivity index (χ3v) is 3.22. The van der Waals surface area contributed by atoms with Gasteiger partial charge in [-0.15, -0.1) is 0 Å². The maximum atomic E-state index is 5.47. The van der Waals surface area contributed by atoms with Crippen molar-refractivity contribution in [3.05, 3.63) is 29.8 Å². The van der Waals surface area contributed by atoms with Gasteiger partial charge < -0.3 is 15.4 Å². The van der Waals surface area contributed by atoms with Crippen molar-refractivity contribution in [1.82, 2.24) is 0 Å². The summed E-state index contributed by atoms with van der Waals surface area (Å²) in [6.07, 6.45) is 3.76. The Morgan fingerprint density at radius 3 is 2.94 bits per heavy atom. The van der Waals surface area contributed by atoms with Crippen LogP contribution in [0.3, 0.4) is 0 Å². The summed E-state index contributed by atoms with van der Waals surface area (Å²) in [4.78, 5) is 2.44. The monoisotopic (exact) mass is 234 g/mol. The summed E-state index contributed by atoms with van der Waals surface area (Å²) >= 11 is 0. The third kappa shape index (κ3) is 3.45. The van der Waals surface area contributed by atoms with E-state index in [-0.39, 0.29) is 0 Å². The first-order valence-electron chi connectivity index (χ1n) is 6.52. The molecule has 3 heteroatoms. The van der Waals surface area contributed by atoms with Gasteiger partial charge in [-0.2, -0.15) is 0 Å². The standard InChI is InChI=1S/C14H22N2O/c15-8-11-17-12-10-16-9-4-3-6-13-5-1-2-7-14(13)16/h1-2,5,7H,3-4,6,8-12,15H2. The number of hydrogen-bond donors (Lipinski definition) is 1. The molecule has 0 atom stereocenters. The van der Waals surface area contributed by atoms with Crippen LogP contribution in [0.1, 0.15) is 18.4 Å². The Morgan fingerprint density at radius 1 is 1.18 bits per heavy atom. The molecule has 0 saturated heterocycles. The number of para-hydroxylation sites is 1. The summed E-state index contributed by atoms with van der Waals surface area (Å²) in [5.41, 5.74) is 8.28. The maximum Gasteiger partial charge on any atom is 0.0642 e. The second-order valence-corrected chi connectivity index (χ2v) is 4.47. The lowest BCUT2D eigenvalue weighted by Gasteiger charge is -2.24. The predicted octanol–water partition coefficient (Wildman–Crippen LogP) is 1.80. The molecule has 0 aromatic heterocycles. The highest BCUT2D eigenvalue weighted by Crippen LogP contribution is 2.25. The van der Waals surface area contributed by atoms with E-state index < -0.39 is 0 Å². The Kier molecular flexibility index (Phi) is 4.83. The van der Waals surface area contributed by atoms with Crippen LogP contribution in [0, 0.1) is 0 Å². The number of fused-ring (bicyclic) bond motifs is 1. The van der Waals surface area contributed by atoms with Crippen molar-refractivity contribution in [2.45, 2.75) is 19.3 Å². The molecule has 0 amide bonds. The molecule has 0 aliphatic carbocycles. The van der Waals surface area contributed by atoms with E-state index in [0.717, 1.165) is 19.7 Å². The highest BCUT2D eigenvalue weighted by Gasteiger charge is 2.13. The summed E-state index contributed by atoms with van der Waals surface area (Å²) in [7, 11) is 0. The molecule has 0 radical (unpaired) electrons. The second-order valence-electron chi connectivity index (χ2n) is 4.47. The number of ether oxygens (including phenoxy) is 1. The quantitative estimate of drug-likeness (QED) is 0.790. The van der Waals surface area contributed by atoms with E-state index in [1.807, 2.05) is 0 Å². The second kappa shape index (κ2) is 6.62. The lowest BCUT2D eigenvalue weighted by Crippen LogP contribution is -2.28. The lowest BCUT2D eigenvalue weighted by molar-refractivity contribution is 0.147. The van der Waals surface area contributed by atoms with E-state index in [1.54, 1.807) is 0 Å². The van der Waals surface area contributed by atoms with Crippen molar-refractivity contribution in [3.8, 4) is 0 Å². The Balaban J connectivity index is 1.97. The van der Waals surface area contributed by atoms with E-state index in [0.29, 0.717) is 13.2 Å². The van der Waals surface area contributed by atoms with Crippen LogP contribution < -0.4 is 10.6 Å². The lowest BCUT2D eigenvalue weighted by atomic mass is 10.1. The number of hydrogen-bond acceptors (Lipinski definition) is 3. The normalized spacial score (nSPS) is 15.5. The van der Waals surface area contributed by atoms with E-state index in [2.05, 4.69) is 29.2 Å². The molecular formula is C14H22N2O. The number of anilines is 1. The molecule has 0 spiro atoms. The van der Waals surface area contributed by atoms with Crippen molar-refractivity contribution in [1.29, 1.82) is 0 Å². The molecule has 1 heterocycles. The molecule has 3 nitrogen and oxygen atoms in total. The van der Waals surface area contributed by atoms with Crippen LogP contribution in [0.4, 0.5) is 5.69 Å². The molecular weight excluding hydrogens is 212 g/mol. The molecule has 0 saturated carbocycles. The van der Waals surface area contributed by atoms with E-state index in [1.165, 1.54) is 30.5 Å². The molecule has 1 aliphatic heterocycles. The van der Waals surface area contributed by atoms with Crippen molar-refractivity contribution in [3.63, 3.8) is 0 Å². The van der Waals surface area contributed by atoms with Gasteiger partial charge in [0, 0.05) is 25.3 Å². The van der Waals surface area contributed by atoms with Crippen LogP contribution >= 0.6 is 0 Å². The minimum absolute atomic E-state index is 0.608. The first-order valence-corrected chi connectivity index (χ1v) is 6.52. The Bertz CT molecular complexity index is 341. The smallest absolute Gasteiger partial charge is 0.0642 e. The molecule has 2 rings (SSSR count). The summed E-state index contributed by atoms with van der Waals surface area (Å²) in [6, 6.07) is 8.73. The van der Waals surface area contributed by atoms with Crippen LogP contribution in [-0.4, -0.2) is 32.8 Å². The van der Waals surface area contributed by atoms with Crippen LogP contribution in [0.15, 0.2) is 24.3 Å². The van der Waals surface area contributed by atoms with Gasteiger partial charge in [0.05, 0.1) is 13.2 Å². The number of benzene rings is 1. The predicted molar refractivity (Wildman–Crippen MR) is 71.5 cm³/mol. The van der Waals surface area contributed by atoms with Gasteiger partial charge in [-0.1, -0.05) is 18.2 Å². The highest BCUT2D eigenvalue weighted by atomic mass is 16.5. The van der Waals surface area contributed by atoms with Crippen molar-refractivity contribution >= 4 is 5.69 Å². The fraction of sp³-hybridized carbons (Fsp3) is 0.571. The zero-order chi connectivity index (χ0) is 11.9. The van der Waals surface area contributed by atoms with Gasteiger partial charge in [0.1, 0.15) is 0 Å². The SMILES string of the molecule is NCCOCCN1CCCCc2ccccc21. The van der Waals surface area contributed by atoms with Gasteiger partial charge >= 0.3 is 0 Å². The Labute approximate surface area is 104 Å². The number of nitrogens with two attached hydrogens (primary N) is 1. The highest BCUT2D eigenvalue weighted by molar-refractivity contribution is 5.54. The average Bonchev–Trinajstić information content (AvgIpc) is 2.57. The minimum atomic E-state index is 0.608. The molecule has 2 N–H and O–H groups in total. The van der Waals surface area contributed by atoms with Gasteiger partial charge in [0.15, 0.2) is 0 Å². The summed E-state index contributed by atoms with van der Waals surface area (Å²) in [5.74, 6) is 0. The van der Waals surface area contributed by atoms with Gasteiger partial charge in [-0.05, 0) is 30.9 Å². The summed E-state index contributed by atoms with van der Waals surface area (Å²) < 4.78 is 5.47. The average molecular weight is 234 g/mol. The molecule has 1 aliphatic rings. The van der Waals surface area contributed by atoms with E-state index in [4.69, 9.17) is 10.5 Å². The summed E-state index contributed by atoms with van der Waals surface area (Å²) in [5, 5.41) is 0. The fourth-order valence-electron chi connectivity index (χ4n) is 2.36. The molecule has 0 fully saturated rings. The number of nitrogens with zero attached hydrogens (tertiary/aromatic N) is 1. The van der Waals surface area contributed by atoms with E-state index >= 15 is 0 Å². The first kappa shape index (κ1) is 12.4. The van der Waals surface area contributed by atoms with Gasteiger partial charge in [0.25, 0.3) is 0 Å². The van der Waals surface area contributed by atoms with Crippen LogP contribution in [0.5, 0.6) is 0 Å². The number of aryl methyl sites for hydroxylation is 1. The molecule has 0 unspecified atom stereocenters.